The number of hydrogen-bond acceptors (Lipinski definition) is 7. The van der Waals surface area contributed by atoms with E-state index in [0.717, 1.165) is 50.9 Å². The van der Waals surface area contributed by atoms with Crippen LogP contribution in [0.1, 0.15) is 11.3 Å². The summed E-state index contributed by atoms with van der Waals surface area (Å²) in [5.74, 6) is 4.66. The van der Waals surface area contributed by atoms with Crippen LogP contribution in [0.2, 0.25) is 0 Å². The van der Waals surface area contributed by atoms with Crippen LogP contribution in [-0.4, -0.2) is 28.7 Å². The smallest absolute Gasteiger partial charge is 0.231 e. The summed E-state index contributed by atoms with van der Waals surface area (Å²) >= 11 is 1.61. The molecule has 0 aliphatic carbocycles. The SMILES string of the molecule is COc1cccc(-c2nnc(SCc3ccc4c(c3)OCO4)n2Cc2ccco2)c1. The van der Waals surface area contributed by atoms with Gasteiger partial charge in [-0.25, -0.2) is 0 Å². The first-order valence-corrected chi connectivity index (χ1v) is 10.4. The average molecular weight is 421 g/mol. The average Bonchev–Trinajstić information content (AvgIpc) is 3.54. The minimum Gasteiger partial charge on any atom is -0.497 e. The van der Waals surface area contributed by atoms with Crippen molar-refractivity contribution in [2.75, 3.05) is 13.9 Å². The van der Waals surface area contributed by atoms with Crippen molar-refractivity contribution in [3.05, 3.63) is 72.2 Å². The molecule has 8 heteroatoms. The van der Waals surface area contributed by atoms with Crippen molar-refractivity contribution >= 4 is 11.8 Å². The number of benzene rings is 2. The molecular weight excluding hydrogens is 402 g/mol. The highest BCUT2D eigenvalue weighted by Gasteiger charge is 2.18. The van der Waals surface area contributed by atoms with Gasteiger partial charge in [-0.3, -0.25) is 4.57 Å². The predicted octanol–water partition coefficient (Wildman–Crippen LogP) is 4.62. The molecule has 1 aliphatic rings. The molecule has 0 saturated carbocycles. The van der Waals surface area contributed by atoms with Gasteiger partial charge in [0.2, 0.25) is 6.79 Å². The Kier molecular flexibility index (Phi) is 5.06. The number of aromatic nitrogens is 3. The summed E-state index contributed by atoms with van der Waals surface area (Å²) in [6.45, 7) is 0.809. The highest BCUT2D eigenvalue weighted by Crippen LogP contribution is 2.35. The van der Waals surface area contributed by atoms with Crippen LogP contribution >= 0.6 is 11.8 Å². The van der Waals surface area contributed by atoms with Gasteiger partial charge in [0.1, 0.15) is 11.5 Å². The third-order valence-corrected chi connectivity index (χ3v) is 5.78. The van der Waals surface area contributed by atoms with Crippen molar-refractivity contribution in [3.8, 4) is 28.6 Å². The zero-order chi connectivity index (χ0) is 20.3. The Morgan fingerprint density at radius 3 is 2.83 bits per heavy atom. The van der Waals surface area contributed by atoms with Crippen molar-refractivity contribution in [1.82, 2.24) is 14.8 Å². The first-order chi connectivity index (χ1) is 14.8. The van der Waals surface area contributed by atoms with Gasteiger partial charge >= 0.3 is 0 Å². The van der Waals surface area contributed by atoms with E-state index in [1.165, 1.54) is 0 Å². The van der Waals surface area contributed by atoms with Crippen LogP contribution in [0.5, 0.6) is 17.2 Å². The summed E-state index contributed by atoms with van der Waals surface area (Å²) in [5, 5.41) is 9.72. The maximum atomic E-state index is 5.57. The lowest BCUT2D eigenvalue weighted by molar-refractivity contribution is 0.174. The molecule has 0 saturated heterocycles. The maximum Gasteiger partial charge on any atom is 0.231 e. The topological polar surface area (TPSA) is 71.5 Å². The third kappa shape index (κ3) is 3.73. The van der Waals surface area contributed by atoms with Gasteiger partial charge in [0.05, 0.1) is 19.9 Å². The summed E-state index contributed by atoms with van der Waals surface area (Å²) in [7, 11) is 1.65. The molecule has 2 aromatic carbocycles. The van der Waals surface area contributed by atoms with E-state index in [0.29, 0.717) is 6.54 Å². The van der Waals surface area contributed by atoms with Crippen LogP contribution in [0, 0.1) is 0 Å². The molecule has 0 unspecified atom stereocenters. The molecule has 0 radical (unpaired) electrons. The Morgan fingerprint density at radius 2 is 1.97 bits per heavy atom. The predicted molar refractivity (Wildman–Crippen MR) is 112 cm³/mol. The third-order valence-electron chi connectivity index (χ3n) is 4.74. The number of rotatable bonds is 7. The molecule has 2 aromatic heterocycles. The molecular formula is C22H19N3O4S. The molecule has 4 aromatic rings. The van der Waals surface area contributed by atoms with E-state index in [4.69, 9.17) is 18.6 Å². The normalized spacial score (nSPS) is 12.3. The number of ether oxygens (including phenoxy) is 3. The van der Waals surface area contributed by atoms with Gasteiger partial charge in [0.25, 0.3) is 0 Å². The first kappa shape index (κ1) is 18.6. The van der Waals surface area contributed by atoms with Gasteiger partial charge in [-0.15, -0.1) is 10.2 Å². The minimum absolute atomic E-state index is 0.271. The number of hydrogen-bond donors (Lipinski definition) is 0. The van der Waals surface area contributed by atoms with E-state index >= 15 is 0 Å². The zero-order valence-corrected chi connectivity index (χ0v) is 17.1. The highest BCUT2D eigenvalue weighted by atomic mass is 32.2. The van der Waals surface area contributed by atoms with Crippen molar-refractivity contribution < 1.29 is 18.6 Å². The van der Waals surface area contributed by atoms with Crippen molar-refractivity contribution in [1.29, 1.82) is 0 Å². The van der Waals surface area contributed by atoms with Gasteiger partial charge in [-0.2, -0.15) is 0 Å². The second kappa shape index (κ2) is 8.16. The fourth-order valence-corrected chi connectivity index (χ4v) is 4.13. The van der Waals surface area contributed by atoms with Crippen LogP contribution in [0.15, 0.2) is 70.4 Å². The van der Waals surface area contributed by atoms with Gasteiger partial charge < -0.3 is 18.6 Å². The number of thioether (sulfide) groups is 1. The standard InChI is InChI=1S/C22H19N3O4S/c1-26-17-5-2-4-16(11-17)21-23-24-22(25(21)12-18-6-3-9-27-18)30-13-15-7-8-19-20(10-15)29-14-28-19/h2-11H,12-14H2,1H3. The lowest BCUT2D eigenvalue weighted by atomic mass is 10.2. The lowest BCUT2D eigenvalue weighted by Gasteiger charge is -2.10. The molecule has 1 aliphatic heterocycles. The van der Waals surface area contributed by atoms with E-state index in [-0.39, 0.29) is 6.79 Å². The molecule has 0 fully saturated rings. The first-order valence-electron chi connectivity index (χ1n) is 9.41. The van der Waals surface area contributed by atoms with Crippen LogP contribution in [-0.2, 0) is 12.3 Å². The fourth-order valence-electron chi connectivity index (χ4n) is 3.25. The summed E-state index contributed by atoms with van der Waals surface area (Å²) in [6.07, 6.45) is 1.67. The van der Waals surface area contributed by atoms with Crippen molar-refractivity contribution in [2.24, 2.45) is 0 Å². The maximum absolute atomic E-state index is 5.57. The molecule has 30 heavy (non-hydrogen) atoms. The molecule has 5 rings (SSSR count). The Morgan fingerprint density at radius 1 is 1.03 bits per heavy atom. The van der Waals surface area contributed by atoms with E-state index < -0.39 is 0 Å². The van der Waals surface area contributed by atoms with Gasteiger partial charge in [0.15, 0.2) is 22.5 Å². The number of methoxy groups -OCH3 is 1. The second-order valence-electron chi connectivity index (χ2n) is 6.68. The van der Waals surface area contributed by atoms with Gasteiger partial charge in [-0.05, 0) is 42.0 Å². The van der Waals surface area contributed by atoms with Gasteiger partial charge in [0, 0.05) is 11.3 Å². The summed E-state index contributed by atoms with van der Waals surface area (Å²) in [6, 6.07) is 17.6. The Bertz CT molecular complexity index is 1160. The minimum atomic E-state index is 0.271. The Hall–Kier alpha value is -3.39. The quantitative estimate of drug-likeness (QED) is 0.403. The Labute approximate surface area is 177 Å². The Balaban J connectivity index is 1.44. The van der Waals surface area contributed by atoms with Gasteiger partial charge in [-0.1, -0.05) is 30.0 Å². The fraction of sp³-hybridized carbons (Fsp3) is 0.182. The molecule has 0 spiro atoms. The van der Waals surface area contributed by atoms with Crippen LogP contribution < -0.4 is 14.2 Å². The van der Waals surface area contributed by atoms with Crippen molar-refractivity contribution in [3.63, 3.8) is 0 Å². The molecule has 7 nitrogen and oxygen atoms in total. The van der Waals surface area contributed by atoms with Crippen LogP contribution in [0.3, 0.4) is 0 Å². The van der Waals surface area contributed by atoms with E-state index in [2.05, 4.69) is 14.8 Å². The van der Waals surface area contributed by atoms with E-state index in [1.54, 1.807) is 25.1 Å². The van der Waals surface area contributed by atoms with Crippen molar-refractivity contribution in [2.45, 2.75) is 17.5 Å². The zero-order valence-electron chi connectivity index (χ0n) is 16.3. The number of fused-ring (bicyclic) bond motifs is 1. The molecule has 0 atom stereocenters. The summed E-state index contributed by atoms with van der Waals surface area (Å²) in [4.78, 5) is 0. The molecule has 0 amide bonds. The number of nitrogens with zero attached hydrogens (tertiary/aromatic N) is 3. The van der Waals surface area contributed by atoms with E-state index in [1.807, 2.05) is 54.6 Å². The summed E-state index contributed by atoms with van der Waals surface area (Å²) < 4.78 is 23.9. The monoisotopic (exact) mass is 421 g/mol. The van der Waals surface area contributed by atoms with Crippen LogP contribution in [0.4, 0.5) is 0 Å². The molecule has 0 N–H and O–H groups in total. The van der Waals surface area contributed by atoms with E-state index in [9.17, 15) is 0 Å². The van der Waals surface area contributed by atoms with Crippen LogP contribution in [0.25, 0.3) is 11.4 Å². The molecule has 152 valence electrons. The second-order valence-corrected chi connectivity index (χ2v) is 7.62. The molecule has 3 heterocycles. The molecule has 0 bridgehead atoms. The number of furan rings is 1. The lowest BCUT2D eigenvalue weighted by Crippen LogP contribution is -2.03. The largest absolute Gasteiger partial charge is 0.497 e. The highest BCUT2D eigenvalue weighted by molar-refractivity contribution is 7.98. The summed E-state index contributed by atoms with van der Waals surface area (Å²) in [5.41, 5.74) is 2.06.